The van der Waals surface area contributed by atoms with E-state index in [1.54, 1.807) is 18.3 Å². The summed E-state index contributed by atoms with van der Waals surface area (Å²) in [5.74, 6) is -0.248. The highest BCUT2D eigenvalue weighted by atomic mass is 32.1. The van der Waals surface area contributed by atoms with Crippen LogP contribution in [-0.4, -0.2) is 21.5 Å². The highest BCUT2D eigenvalue weighted by Crippen LogP contribution is 2.31. The Morgan fingerprint density at radius 3 is 2.77 bits per heavy atom. The summed E-state index contributed by atoms with van der Waals surface area (Å²) in [5.41, 5.74) is 1.99. The molecule has 1 aliphatic heterocycles. The predicted octanol–water partition coefficient (Wildman–Crippen LogP) is 4.14. The molecule has 22 heavy (non-hydrogen) atoms. The highest BCUT2D eigenvalue weighted by Gasteiger charge is 2.26. The molecule has 2 heterocycles. The van der Waals surface area contributed by atoms with Gasteiger partial charge in [0.2, 0.25) is 0 Å². The zero-order chi connectivity index (χ0) is 15.4. The number of aromatic nitrogens is 1. The molecule has 1 saturated heterocycles. The van der Waals surface area contributed by atoms with Crippen LogP contribution in [0.1, 0.15) is 30.9 Å². The van der Waals surface area contributed by atoms with Gasteiger partial charge in [0, 0.05) is 24.6 Å². The number of anilines is 1. The predicted molar refractivity (Wildman–Crippen MR) is 90.2 cm³/mol. The number of halogens is 1. The van der Waals surface area contributed by atoms with Gasteiger partial charge in [-0.15, -0.1) is 0 Å². The van der Waals surface area contributed by atoms with E-state index in [1.807, 2.05) is 12.3 Å². The second kappa shape index (κ2) is 6.83. The molecular formula is C17H18FN3S. The van der Waals surface area contributed by atoms with Gasteiger partial charge in [0.1, 0.15) is 5.82 Å². The molecule has 0 radical (unpaired) electrons. The second-order valence-corrected chi connectivity index (χ2v) is 5.82. The van der Waals surface area contributed by atoms with E-state index >= 15 is 0 Å². The zero-order valence-corrected chi connectivity index (χ0v) is 13.0. The molecule has 3 nitrogen and oxygen atoms in total. The lowest BCUT2D eigenvalue weighted by Gasteiger charge is -2.37. The van der Waals surface area contributed by atoms with Crippen molar-refractivity contribution in [3.8, 4) is 0 Å². The van der Waals surface area contributed by atoms with Crippen molar-refractivity contribution in [2.45, 2.75) is 25.3 Å². The summed E-state index contributed by atoms with van der Waals surface area (Å²) >= 11 is 5.57. The van der Waals surface area contributed by atoms with Crippen molar-refractivity contribution in [2.75, 3.05) is 11.9 Å². The average molecular weight is 315 g/mol. The van der Waals surface area contributed by atoms with Crippen molar-refractivity contribution < 1.29 is 4.39 Å². The largest absolute Gasteiger partial charge is 0.342 e. The maximum absolute atomic E-state index is 13.0. The van der Waals surface area contributed by atoms with Crippen LogP contribution in [0.3, 0.4) is 0 Å². The van der Waals surface area contributed by atoms with E-state index in [-0.39, 0.29) is 11.9 Å². The number of thiocarbonyl (C=S) groups is 1. The van der Waals surface area contributed by atoms with Gasteiger partial charge in [0.15, 0.2) is 5.11 Å². The molecule has 0 unspecified atom stereocenters. The molecule has 0 aliphatic carbocycles. The van der Waals surface area contributed by atoms with E-state index in [1.165, 1.54) is 24.1 Å². The number of piperidine rings is 1. The minimum atomic E-state index is -0.248. The van der Waals surface area contributed by atoms with E-state index in [0.717, 1.165) is 25.1 Å². The standard InChI is InChI=1S/C17H18FN3S/c18-14-6-8-15(9-7-14)20-17(22)21-11-2-1-5-16(21)13-4-3-10-19-12-13/h3-4,6-10,12,16H,1-2,5,11H2,(H,20,22)/t16-/m1/s1. The van der Waals surface area contributed by atoms with Crippen molar-refractivity contribution in [2.24, 2.45) is 0 Å². The SMILES string of the molecule is Fc1ccc(NC(=S)N2CCCC[C@@H]2c2cccnc2)cc1. The number of hydrogen-bond donors (Lipinski definition) is 1. The Kier molecular flexibility index (Phi) is 4.63. The van der Waals surface area contributed by atoms with Crippen molar-refractivity contribution >= 4 is 23.0 Å². The minimum Gasteiger partial charge on any atom is -0.342 e. The Bertz CT molecular complexity index is 630. The van der Waals surface area contributed by atoms with Crippen LogP contribution in [0.5, 0.6) is 0 Å². The molecule has 1 fully saturated rings. The van der Waals surface area contributed by atoms with Crippen molar-refractivity contribution in [3.63, 3.8) is 0 Å². The van der Waals surface area contributed by atoms with Gasteiger partial charge in [0.05, 0.1) is 6.04 Å². The van der Waals surface area contributed by atoms with Crippen LogP contribution in [0.15, 0.2) is 48.8 Å². The smallest absolute Gasteiger partial charge is 0.173 e. The fraction of sp³-hybridized carbons (Fsp3) is 0.294. The fourth-order valence-corrected chi connectivity index (χ4v) is 3.16. The number of pyridine rings is 1. The van der Waals surface area contributed by atoms with Gasteiger partial charge in [-0.2, -0.15) is 0 Å². The molecule has 1 aromatic heterocycles. The molecule has 1 aromatic carbocycles. The first-order valence-corrected chi connectivity index (χ1v) is 7.88. The van der Waals surface area contributed by atoms with Gasteiger partial charge >= 0.3 is 0 Å². The topological polar surface area (TPSA) is 28.2 Å². The summed E-state index contributed by atoms with van der Waals surface area (Å²) in [6.07, 6.45) is 7.07. The fourth-order valence-electron chi connectivity index (χ4n) is 2.82. The third-order valence-electron chi connectivity index (χ3n) is 3.93. The van der Waals surface area contributed by atoms with Crippen molar-refractivity contribution in [1.82, 2.24) is 9.88 Å². The minimum absolute atomic E-state index is 0.248. The highest BCUT2D eigenvalue weighted by molar-refractivity contribution is 7.80. The second-order valence-electron chi connectivity index (χ2n) is 5.43. The Labute approximate surface area is 135 Å². The molecule has 2 aromatic rings. The van der Waals surface area contributed by atoms with Crippen LogP contribution >= 0.6 is 12.2 Å². The Balaban J connectivity index is 1.75. The zero-order valence-electron chi connectivity index (χ0n) is 12.2. The van der Waals surface area contributed by atoms with E-state index in [4.69, 9.17) is 12.2 Å². The first-order valence-electron chi connectivity index (χ1n) is 7.47. The molecule has 3 rings (SSSR count). The van der Waals surface area contributed by atoms with Crippen molar-refractivity contribution in [1.29, 1.82) is 0 Å². The average Bonchev–Trinajstić information content (AvgIpc) is 2.58. The maximum atomic E-state index is 13.0. The van der Waals surface area contributed by atoms with Crippen LogP contribution < -0.4 is 5.32 Å². The number of nitrogens with one attached hydrogen (secondary N) is 1. The van der Waals surface area contributed by atoms with Gasteiger partial charge in [-0.1, -0.05) is 6.07 Å². The number of rotatable bonds is 2. The molecular weight excluding hydrogens is 297 g/mol. The third-order valence-corrected chi connectivity index (χ3v) is 4.26. The molecule has 0 saturated carbocycles. The number of benzene rings is 1. The summed E-state index contributed by atoms with van der Waals surface area (Å²) in [6.45, 7) is 0.923. The first kappa shape index (κ1) is 14.9. The summed E-state index contributed by atoms with van der Waals surface area (Å²) < 4.78 is 13.0. The maximum Gasteiger partial charge on any atom is 0.173 e. The quantitative estimate of drug-likeness (QED) is 0.843. The molecule has 0 spiro atoms. The number of hydrogen-bond acceptors (Lipinski definition) is 2. The van der Waals surface area contributed by atoms with Crippen LogP contribution in [0.25, 0.3) is 0 Å². The van der Waals surface area contributed by atoms with Crippen molar-refractivity contribution in [3.05, 3.63) is 60.2 Å². The first-order chi connectivity index (χ1) is 10.7. The molecule has 1 N–H and O–H groups in total. The van der Waals surface area contributed by atoms with E-state index < -0.39 is 0 Å². The van der Waals surface area contributed by atoms with Gasteiger partial charge in [0.25, 0.3) is 0 Å². The van der Waals surface area contributed by atoms with Gasteiger partial charge in [-0.25, -0.2) is 4.39 Å². The van der Waals surface area contributed by atoms with Crippen LogP contribution in [0.2, 0.25) is 0 Å². The Morgan fingerprint density at radius 2 is 2.05 bits per heavy atom. The number of nitrogens with zero attached hydrogens (tertiary/aromatic N) is 2. The summed E-state index contributed by atoms with van der Waals surface area (Å²) in [6, 6.07) is 10.6. The lowest BCUT2D eigenvalue weighted by Crippen LogP contribution is -2.41. The molecule has 0 bridgehead atoms. The summed E-state index contributed by atoms with van der Waals surface area (Å²) in [4.78, 5) is 6.42. The molecule has 0 amide bonds. The molecule has 114 valence electrons. The number of likely N-dealkylation sites (tertiary alicyclic amines) is 1. The van der Waals surface area contributed by atoms with Gasteiger partial charge in [-0.3, -0.25) is 4.98 Å². The van der Waals surface area contributed by atoms with Gasteiger partial charge < -0.3 is 10.2 Å². The monoisotopic (exact) mass is 315 g/mol. The van der Waals surface area contributed by atoms with Crippen LogP contribution in [0, 0.1) is 5.82 Å². The van der Waals surface area contributed by atoms with E-state index in [9.17, 15) is 4.39 Å². The summed E-state index contributed by atoms with van der Waals surface area (Å²) in [7, 11) is 0. The lowest BCUT2D eigenvalue weighted by molar-refractivity contribution is 0.248. The Hall–Kier alpha value is -2.01. The van der Waals surface area contributed by atoms with Crippen LogP contribution in [0.4, 0.5) is 10.1 Å². The molecule has 1 aliphatic rings. The summed E-state index contributed by atoms with van der Waals surface area (Å²) in [5, 5.41) is 3.89. The molecule has 5 heteroatoms. The third kappa shape index (κ3) is 3.42. The van der Waals surface area contributed by atoms with Crippen LogP contribution in [-0.2, 0) is 0 Å². The normalized spacial score (nSPS) is 18.0. The molecule has 1 atom stereocenters. The Morgan fingerprint density at radius 1 is 1.23 bits per heavy atom. The van der Waals surface area contributed by atoms with E-state index in [2.05, 4.69) is 21.3 Å². The van der Waals surface area contributed by atoms with E-state index in [0.29, 0.717) is 5.11 Å². The lowest BCUT2D eigenvalue weighted by atomic mass is 9.97. The van der Waals surface area contributed by atoms with Gasteiger partial charge in [-0.05, 0) is 67.4 Å².